The lowest BCUT2D eigenvalue weighted by Gasteiger charge is -2.16. The van der Waals surface area contributed by atoms with E-state index in [1.807, 2.05) is 0 Å². The summed E-state index contributed by atoms with van der Waals surface area (Å²) >= 11 is 0. The third-order valence-electron chi connectivity index (χ3n) is 4.03. The molecule has 1 amide bonds. The number of nitrogens with zero attached hydrogens (tertiary/aromatic N) is 2. The minimum Gasteiger partial charge on any atom is -0.493 e. The van der Waals surface area contributed by atoms with Gasteiger partial charge in [0.05, 0.1) is 6.61 Å². The van der Waals surface area contributed by atoms with E-state index >= 15 is 0 Å². The predicted octanol–water partition coefficient (Wildman–Crippen LogP) is 2.71. The second kappa shape index (κ2) is 12.2. The normalized spacial score (nSPS) is 11.2. The number of carbonyl (C=O) groups is 1. The molecule has 0 saturated carbocycles. The van der Waals surface area contributed by atoms with Crippen molar-refractivity contribution < 1.29 is 9.53 Å². The predicted molar refractivity (Wildman–Crippen MR) is 108 cm³/mol. The van der Waals surface area contributed by atoms with E-state index in [4.69, 9.17) is 4.74 Å². The number of rotatable bonds is 10. The molecular formula is C20H34N4O2. The van der Waals surface area contributed by atoms with E-state index in [-0.39, 0.29) is 5.91 Å². The van der Waals surface area contributed by atoms with Gasteiger partial charge in [-0.3, -0.25) is 9.79 Å². The van der Waals surface area contributed by atoms with Crippen molar-refractivity contribution >= 4 is 11.9 Å². The first-order chi connectivity index (χ1) is 12.5. The molecule has 0 aromatic heterocycles. The van der Waals surface area contributed by atoms with E-state index in [1.54, 1.807) is 26.0 Å². The monoisotopic (exact) mass is 362 g/mol. The number of ether oxygens (including phenoxy) is 1. The molecule has 0 aliphatic rings. The Labute approximate surface area is 158 Å². The minimum absolute atomic E-state index is 0.0919. The summed E-state index contributed by atoms with van der Waals surface area (Å²) in [6, 6.07) is 6.25. The van der Waals surface area contributed by atoms with E-state index in [0.29, 0.717) is 25.5 Å². The van der Waals surface area contributed by atoms with E-state index < -0.39 is 0 Å². The fourth-order valence-electron chi connectivity index (χ4n) is 2.39. The number of aliphatic imine (C=N–C) groups is 1. The minimum atomic E-state index is 0.0919. The molecule has 6 heteroatoms. The Morgan fingerprint density at radius 3 is 2.65 bits per heavy atom. The molecule has 0 unspecified atom stereocenters. The number of hydrogen-bond acceptors (Lipinski definition) is 3. The molecule has 0 heterocycles. The van der Waals surface area contributed by atoms with Crippen LogP contribution in [0.4, 0.5) is 0 Å². The van der Waals surface area contributed by atoms with Gasteiger partial charge in [0.2, 0.25) is 5.91 Å². The molecule has 0 aliphatic heterocycles. The first-order valence-corrected chi connectivity index (χ1v) is 9.35. The summed E-state index contributed by atoms with van der Waals surface area (Å²) in [5.41, 5.74) is 2.28. The summed E-state index contributed by atoms with van der Waals surface area (Å²) in [5, 5.41) is 6.45. The fraction of sp³-hybridized carbons (Fsp3) is 0.600. The van der Waals surface area contributed by atoms with Crippen LogP contribution in [0.3, 0.4) is 0 Å². The lowest BCUT2D eigenvalue weighted by Crippen LogP contribution is -2.38. The molecule has 0 fully saturated rings. The van der Waals surface area contributed by atoms with Gasteiger partial charge in [0.15, 0.2) is 5.96 Å². The SMILES string of the molecule is CCCCCOc1cc(C)ccc1CNC(=NC)NCCC(=O)N(C)C. The van der Waals surface area contributed by atoms with Gasteiger partial charge in [0.25, 0.3) is 0 Å². The molecular weight excluding hydrogens is 328 g/mol. The first-order valence-electron chi connectivity index (χ1n) is 9.35. The molecule has 2 N–H and O–H groups in total. The highest BCUT2D eigenvalue weighted by Gasteiger charge is 2.07. The standard InChI is InChI=1S/C20H34N4O2/c1-6-7-8-13-26-18-14-16(2)9-10-17(18)15-23-20(21-3)22-12-11-19(25)24(4)5/h9-10,14H,6-8,11-13,15H2,1-5H3,(H2,21,22,23). The van der Waals surface area contributed by atoms with Gasteiger partial charge in [-0.05, 0) is 25.0 Å². The number of carbonyl (C=O) groups excluding carboxylic acids is 1. The number of amides is 1. The van der Waals surface area contributed by atoms with Gasteiger partial charge in [-0.2, -0.15) is 0 Å². The summed E-state index contributed by atoms with van der Waals surface area (Å²) in [5.74, 6) is 1.69. The molecule has 0 saturated heterocycles. The van der Waals surface area contributed by atoms with E-state index in [1.165, 1.54) is 18.4 Å². The Morgan fingerprint density at radius 2 is 2.00 bits per heavy atom. The largest absolute Gasteiger partial charge is 0.493 e. The van der Waals surface area contributed by atoms with Crippen molar-refractivity contribution in [1.82, 2.24) is 15.5 Å². The molecule has 146 valence electrons. The van der Waals surface area contributed by atoms with Gasteiger partial charge in [-0.15, -0.1) is 0 Å². The summed E-state index contributed by atoms with van der Waals surface area (Å²) in [7, 11) is 5.24. The molecule has 1 aromatic carbocycles. The zero-order chi connectivity index (χ0) is 19.4. The fourth-order valence-corrected chi connectivity index (χ4v) is 2.39. The highest BCUT2D eigenvalue weighted by Crippen LogP contribution is 2.20. The highest BCUT2D eigenvalue weighted by molar-refractivity contribution is 5.81. The van der Waals surface area contributed by atoms with E-state index in [0.717, 1.165) is 24.3 Å². The van der Waals surface area contributed by atoms with Crippen molar-refractivity contribution in [3.8, 4) is 5.75 Å². The van der Waals surface area contributed by atoms with E-state index in [2.05, 4.69) is 47.7 Å². The lowest BCUT2D eigenvalue weighted by atomic mass is 10.1. The quantitative estimate of drug-likeness (QED) is 0.382. The second-order valence-corrected chi connectivity index (χ2v) is 6.56. The summed E-state index contributed by atoms with van der Waals surface area (Å²) < 4.78 is 5.97. The zero-order valence-corrected chi connectivity index (χ0v) is 16.9. The van der Waals surface area contributed by atoms with Crippen LogP contribution in [0.5, 0.6) is 5.75 Å². The summed E-state index contributed by atoms with van der Waals surface area (Å²) in [6.45, 7) is 6.16. The highest BCUT2D eigenvalue weighted by atomic mass is 16.5. The second-order valence-electron chi connectivity index (χ2n) is 6.56. The van der Waals surface area contributed by atoms with Gasteiger partial charge in [-0.1, -0.05) is 31.9 Å². The Bertz CT molecular complexity index is 585. The maximum Gasteiger partial charge on any atom is 0.223 e. The van der Waals surface area contributed by atoms with Gasteiger partial charge < -0.3 is 20.3 Å². The van der Waals surface area contributed by atoms with E-state index in [9.17, 15) is 4.79 Å². The average Bonchev–Trinajstić information content (AvgIpc) is 2.62. The van der Waals surface area contributed by atoms with Crippen LogP contribution in [-0.4, -0.2) is 51.1 Å². The molecule has 0 atom stereocenters. The topological polar surface area (TPSA) is 66.0 Å². The van der Waals surface area contributed by atoms with Gasteiger partial charge in [0, 0.05) is 46.2 Å². The smallest absolute Gasteiger partial charge is 0.223 e. The Morgan fingerprint density at radius 1 is 1.23 bits per heavy atom. The van der Waals surface area contributed by atoms with Crippen molar-refractivity contribution in [2.45, 2.75) is 46.1 Å². The van der Waals surface area contributed by atoms with Crippen molar-refractivity contribution in [2.24, 2.45) is 4.99 Å². The van der Waals surface area contributed by atoms with Crippen LogP contribution in [0.25, 0.3) is 0 Å². The number of guanidine groups is 1. The van der Waals surface area contributed by atoms with Crippen LogP contribution in [0, 0.1) is 6.92 Å². The van der Waals surface area contributed by atoms with Gasteiger partial charge >= 0.3 is 0 Å². The Hall–Kier alpha value is -2.24. The van der Waals surface area contributed by atoms with Crippen molar-refractivity contribution in [1.29, 1.82) is 0 Å². The number of benzene rings is 1. The first kappa shape index (κ1) is 21.8. The maximum absolute atomic E-state index is 11.6. The lowest BCUT2D eigenvalue weighted by molar-refractivity contribution is -0.128. The van der Waals surface area contributed by atoms with Crippen LogP contribution in [0.15, 0.2) is 23.2 Å². The summed E-state index contributed by atoms with van der Waals surface area (Å²) in [4.78, 5) is 17.4. The zero-order valence-electron chi connectivity index (χ0n) is 16.9. The molecule has 0 bridgehead atoms. The number of hydrogen-bond donors (Lipinski definition) is 2. The van der Waals surface area contributed by atoms with Crippen molar-refractivity contribution in [3.05, 3.63) is 29.3 Å². The molecule has 1 aromatic rings. The number of unbranched alkanes of at least 4 members (excludes halogenated alkanes) is 2. The van der Waals surface area contributed by atoms with Crippen LogP contribution in [0.1, 0.15) is 43.7 Å². The molecule has 1 rings (SSSR count). The van der Waals surface area contributed by atoms with Crippen LogP contribution in [0.2, 0.25) is 0 Å². The summed E-state index contributed by atoms with van der Waals surface area (Å²) in [6.07, 6.45) is 3.87. The average molecular weight is 363 g/mol. The van der Waals surface area contributed by atoms with Gasteiger partial charge in [0.1, 0.15) is 5.75 Å². The molecule has 0 radical (unpaired) electrons. The van der Waals surface area contributed by atoms with Crippen LogP contribution in [-0.2, 0) is 11.3 Å². The molecule has 0 aliphatic carbocycles. The molecule has 0 spiro atoms. The number of aryl methyl sites for hydroxylation is 1. The molecule has 26 heavy (non-hydrogen) atoms. The third kappa shape index (κ3) is 8.23. The maximum atomic E-state index is 11.6. The Kier molecular flexibility index (Phi) is 10.2. The van der Waals surface area contributed by atoms with Crippen molar-refractivity contribution in [2.75, 3.05) is 34.3 Å². The van der Waals surface area contributed by atoms with Crippen molar-refractivity contribution in [3.63, 3.8) is 0 Å². The molecule has 6 nitrogen and oxygen atoms in total. The van der Waals surface area contributed by atoms with Crippen LogP contribution >= 0.6 is 0 Å². The van der Waals surface area contributed by atoms with Crippen LogP contribution < -0.4 is 15.4 Å². The third-order valence-corrected chi connectivity index (χ3v) is 4.03. The number of nitrogens with one attached hydrogen (secondary N) is 2. The van der Waals surface area contributed by atoms with Gasteiger partial charge in [-0.25, -0.2) is 0 Å². The Balaban J connectivity index is 2.54.